The lowest BCUT2D eigenvalue weighted by molar-refractivity contribution is -0.190. The number of rotatable bonds is 12. The number of carboxylic acids is 2. The standard InChI is InChI=1S/C26H38O6/c1-4-6-12-19(5-2)17-24(3,32)21(27)26(23(30)31)16-11-10-15-25(26,22(28)29)18-20-13-8-7-9-14-20/h7-9,13-14,19,32H,4-6,10-12,15-18H2,1-3H3,(H,28,29)(H,30,31). The Morgan fingerprint density at radius 1 is 1.03 bits per heavy atom. The van der Waals surface area contributed by atoms with Gasteiger partial charge in [0, 0.05) is 0 Å². The van der Waals surface area contributed by atoms with Crippen LogP contribution in [-0.2, 0) is 20.8 Å². The lowest BCUT2D eigenvalue weighted by Gasteiger charge is -2.49. The van der Waals surface area contributed by atoms with Gasteiger partial charge in [0.25, 0.3) is 0 Å². The van der Waals surface area contributed by atoms with E-state index in [1.54, 1.807) is 30.3 Å². The summed E-state index contributed by atoms with van der Waals surface area (Å²) in [5, 5.41) is 32.1. The maximum Gasteiger partial charge on any atom is 0.318 e. The number of unbranched alkanes of at least 4 members (excludes halogenated alkanes) is 1. The molecule has 0 amide bonds. The molecule has 6 heteroatoms. The molecule has 0 aromatic heterocycles. The largest absolute Gasteiger partial charge is 0.481 e. The van der Waals surface area contributed by atoms with E-state index in [4.69, 9.17) is 0 Å². The predicted octanol–water partition coefficient (Wildman–Crippen LogP) is 4.87. The summed E-state index contributed by atoms with van der Waals surface area (Å²) in [6.45, 7) is 5.44. The molecule has 0 heterocycles. The summed E-state index contributed by atoms with van der Waals surface area (Å²) >= 11 is 0. The number of hydrogen-bond donors (Lipinski definition) is 3. The van der Waals surface area contributed by atoms with Crippen LogP contribution in [0.5, 0.6) is 0 Å². The van der Waals surface area contributed by atoms with Gasteiger partial charge in [-0.05, 0) is 44.1 Å². The number of Topliss-reactive ketones (excluding diaryl/α,β-unsaturated/α-hetero) is 1. The number of carbonyl (C=O) groups excluding carboxylic acids is 1. The van der Waals surface area contributed by atoms with Crippen LogP contribution in [0.4, 0.5) is 0 Å². The van der Waals surface area contributed by atoms with Gasteiger partial charge in [0.15, 0.2) is 5.78 Å². The Bertz CT molecular complexity index is 802. The summed E-state index contributed by atoms with van der Waals surface area (Å²) in [5.74, 6) is -3.52. The molecule has 1 aliphatic rings. The molecule has 1 aromatic carbocycles. The molecule has 1 fully saturated rings. The SMILES string of the molecule is CCCCC(CC)CC(C)(O)C(=O)C1(C(=O)O)CCCCC1(Cc1ccccc1)C(=O)O. The summed E-state index contributed by atoms with van der Waals surface area (Å²) in [5.41, 5.74) is -5.24. The number of benzene rings is 1. The van der Waals surface area contributed by atoms with Crippen molar-refractivity contribution in [2.75, 3.05) is 0 Å². The van der Waals surface area contributed by atoms with Crippen molar-refractivity contribution >= 4 is 17.7 Å². The normalized spacial score (nSPS) is 26.1. The topological polar surface area (TPSA) is 112 Å². The molecule has 1 aliphatic carbocycles. The van der Waals surface area contributed by atoms with Gasteiger partial charge in [-0.3, -0.25) is 14.4 Å². The van der Waals surface area contributed by atoms with E-state index in [0.717, 1.165) is 25.7 Å². The van der Waals surface area contributed by atoms with E-state index in [2.05, 4.69) is 6.92 Å². The predicted molar refractivity (Wildman–Crippen MR) is 122 cm³/mol. The quantitative estimate of drug-likeness (QED) is 0.395. The highest BCUT2D eigenvalue weighted by molar-refractivity contribution is 6.11. The molecule has 1 saturated carbocycles. The number of aliphatic carboxylic acids is 2. The number of aliphatic hydroxyl groups is 1. The van der Waals surface area contributed by atoms with E-state index in [-0.39, 0.29) is 31.6 Å². The Balaban J connectivity index is 2.56. The average molecular weight is 447 g/mol. The van der Waals surface area contributed by atoms with Gasteiger partial charge in [0.2, 0.25) is 0 Å². The van der Waals surface area contributed by atoms with Gasteiger partial charge in [-0.15, -0.1) is 0 Å². The zero-order chi connectivity index (χ0) is 24.0. The molecule has 3 N–H and O–H groups in total. The Hall–Kier alpha value is -2.21. The highest BCUT2D eigenvalue weighted by Crippen LogP contribution is 2.55. The molecular weight excluding hydrogens is 408 g/mol. The fourth-order valence-electron chi connectivity index (χ4n) is 5.62. The third-order valence-electron chi connectivity index (χ3n) is 7.45. The van der Waals surface area contributed by atoms with Crippen LogP contribution in [0.2, 0.25) is 0 Å². The Kier molecular flexibility index (Phi) is 8.63. The molecule has 0 aliphatic heterocycles. The monoisotopic (exact) mass is 446 g/mol. The summed E-state index contributed by atoms with van der Waals surface area (Å²) in [6.07, 6.45) is 4.58. The van der Waals surface area contributed by atoms with Crippen LogP contribution in [0.3, 0.4) is 0 Å². The zero-order valence-corrected chi connectivity index (χ0v) is 19.6. The van der Waals surface area contributed by atoms with Gasteiger partial charge in [-0.25, -0.2) is 0 Å². The minimum Gasteiger partial charge on any atom is -0.481 e. The van der Waals surface area contributed by atoms with Gasteiger partial charge in [-0.1, -0.05) is 82.7 Å². The molecule has 4 atom stereocenters. The van der Waals surface area contributed by atoms with Crippen molar-refractivity contribution in [3.05, 3.63) is 35.9 Å². The lowest BCUT2D eigenvalue weighted by Crippen LogP contribution is -2.64. The van der Waals surface area contributed by atoms with Crippen molar-refractivity contribution < 1.29 is 29.7 Å². The molecule has 0 saturated heterocycles. The molecule has 2 rings (SSSR count). The van der Waals surface area contributed by atoms with E-state index in [0.29, 0.717) is 18.4 Å². The van der Waals surface area contributed by atoms with E-state index < -0.39 is 34.2 Å². The molecule has 178 valence electrons. The van der Waals surface area contributed by atoms with E-state index in [1.807, 2.05) is 6.92 Å². The molecular formula is C26H38O6. The van der Waals surface area contributed by atoms with Crippen LogP contribution in [0.15, 0.2) is 30.3 Å². The number of carboxylic acid groups (broad SMARTS) is 2. The van der Waals surface area contributed by atoms with E-state index >= 15 is 0 Å². The third kappa shape index (κ3) is 4.90. The van der Waals surface area contributed by atoms with Crippen molar-refractivity contribution in [2.24, 2.45) is 16.7 Å². The minimum absolute atomic E-state index is 0.0651. The van der Waals surface area contributed by atoms with Crippen LogP contribution < -0.4 is 0 Å². The highest BCUT2D eigenvalue weighted by Gasteiger charge is 2.68. The molecule has 32 heavy (non-hydrogen) atoms. The molecule has 0 bridgehead atoms. The first kappa shape index (κ1) is 26.0. The summed E-state index contributed by atoms with van der Waals surface area (Å²) < 4.78 is 0. The first-order chi connectivity index (χ1) is 15.1. The van der Waals surface area contributed by atoms with E-state index in [1.165, 1.54) is 6.92 Å². The fraction of sp³-hybridized carbons (Fsp3) is 0.654. The number of carbonyl (C=O) groups is 3. The molecule has 0 spiro atoms. The smallest absolute Gasteiger partial charge is 0.318 e. The van der Waals surface area contributed by atoms with Crippen molar-refractivity contribution in [1.29, 1.82) is 0 Å². The first-order valence-corrected chi connectivity index (χ1v) is 11.9. The second kappa shape index (κ2) is 10.6. The number of ketones is 1. The number of hydrogen-bond acceptors (Lipinski definition) is 4. The Labute approximate surface area is 191 Å². The van der Waals surface area contributed by atoms with Crippen LogP contribution in [0, 0.1) is 16.7 Å². The van der Waals surface area contributed by atoms with Crippen molar-refractivity contribution in [1.82, 2.24) is 0 Å². The lowest BCUT2D eigenvalue weighted by atomic mass is 9.50. The van der Waals surface area contributed by atoms with Crippen molar-refractivity contribution in [3.63, 3.8) is 0 Å². The molecule has 6 nitrogen and oxygen atoms in total. The fourth-order valence-corrected chi connectivity index (χ4v) is 5.62. The second-order valence-corrected chi connectivity index (χ2v) is 9.69. The van der Waals surface area contributed by atoms with Crippen LogP contribution in [0.25, 0.3) is 0 Å². The van der Waals surface area contributed by atoms with Gasteiger partial charge in [0.1, 0.15) is 11.0 Å². The Morgan fingerprint density at radius 2 is 1.66 bits per heavy atom. The van der Waals surface area contributed by atoms with Crippen molar-refractivity contribution in [2.45, 2.75) is 90.6 Å². The zero-order valence-electron chi connectivity index (χ0n) is 19.6. The van der Waals surface area contributed by atoms with Crippen molar-refractivity contribution in [3.8, 4) is 0 Å². The van der Waals surface area contributed by atoms with E-state index in [9.17, 15) is 29.7 Å². The summed E-state index contributed by atoms with van der Waals surface area (Å²) in [4.78, 5) is 39.5. The maximum absolute atomic E-state index is 13.9. The summed E-state index contributed by atoms with van der Waals surface area (Å²) in [7, 11) is 0. The van der Waals surface area contributed by atoms with Gasteiger partial charge in [0.05, 0.1) is 5.41 Å². The maximum atomic E-state index is 13.9. The average Bonchev–Trinajstić information content (AvgIpc) is 2.76. The molecule has 1 aromatic rings. The summed E-state index contributed by atoms with van der Waals surface area (Å²) in [6, 6.07) is 8.86. The third-order valence-corrected chi connectivity index (χ3v) is 7.45. The van der Waals surface area contributed by atoms with Crippen LogP contribution >= 0.6 is 0 Å². The molecule has 4 unspecified atom stereocenters. The highest BCUT2D eigenvalue weighted by atomic mass is 16.4. The van der Waals surface area contributed by atoms with Gasteiger partial charge >= 0.3 is 11.9 Å². The minimum atomic E-state index is -2.18. The van der Waals surface area contributed by atoms with Crippen LogP contribution in [-0.4, -0.2) is 38.6 Å². The Morgan fingerprint density at radius 3 is 2.19 bits per heavy atom. The second-order valence-electron chi connectivity index (χ2n) is 9.69. The van der Waals surface area contributed by atoms with Gasteiger partial charge in [-0.2, -0.15) is 0 Å². The molecule has 0 radical (unpaired) electrons. The van der Waals surface area contributed by atoms with Gasteiger partial charge < -0.3 is 15.3 Å². The first-order valence-electron chi connectivity index (χ1n) is 11.9. The van der Waals surface area contributed by atoms with Crippen LogP contribution in [0.1, 0.15) is 84.1 Å².